The first kappa shape index (κ1) is 27.4. The van der Waals surface area contributed by atoms with E-state index in [4.69, 9.17) is 5.11 Å². The van der Waals surface area contributed by atoms with Crippen molar-refractivity contribution in [3.05, 3.63) is 101 Å². The van der Waals surface area contributed by atoms with Gasteiger partial charge in [-0.2, -0.15) is 0 Å². The van der Waals surface area contributed by atoms with E-state index in [9.17, 15) is 9.90 Å². The van der Waals surface area contributed by atoms with Gasteiger partial charge in [-0.15, -0.1) is 0 Å². The van der Waals surface area contributed by atoms with Crippen molar-refractivity contribution in [2.75, 3.05) is 0 Å². The Morgan fingerprint density at radius 3 is 1.78 bits per heavy atom. The van der Waals surface area contributed by atoms with Crippen LogP contribution in [0.2, 0.25) is 0 Å². The van der Waals surface area contributed by atoms with Crippen LogP contribution in [0.5, 0.6) is 0 Å². The van der Waals surface area contributed by atoms with Crippen LogP contribution in [-0.4, -0.2) is 21.8 Å². The van der Waals surface area contributed by atoms with Crippen LogP contribution in [0, 0.1) is 6.92 Å². The third-order valence-corrected chi connectivity index (χ3v) is 7.91. The van der Waals surface area contributed by atoms with Crippen molar-refractivity contribution in [3.8, 4) is 11.1 Å². The third-order valence-electron chi connectivity index (χ3n) is 7.91. The van der Waals surface area contributed by atoms with Gasteiger partial charge in [-0.1, -0.05) is 107 Å². The smallest absolute Gasteiger partial charge is 0.307 e. The summed E-state index contributed by atoms with van der Waals surface area (Å²) in [4.78, 5) is 11.0. The number of rotatable bonds is 11. The van der Waals surface area contributed by atoms with Crippen LogP contribution in [-0.2, 0) is 16.6 Å². The molecule has 2 N–H and O–H groups in total. The quantitative estimate of drug-likeness (QED) is 0.290. The van der Waals surface area contributed by atoms with E-state index < -0.39 is 11.6 Å². The molecule has 3 rings (SSSR count). The predicted molar refractivity (Wildman–Crippen MR) is 150 cm³/mol. The van der Waals surface area contributed by atoms with Crippen LogP contribution < -0.4 is 0 Å². The van der Waals surface area contributed by atoms with Gasteiger partial charge in [0.1, 0.15) is 0 Å². The Morgan fingerprint density at radius 1 is 0.778 bits per heavy atom. The van der Waals surface area contributed by atoms with Gasteiger partial charge in [0.15, 0.2) is 0 Å². The molecule has 3 aromatic rings. The van der Waals surface area contributed by atoms with Gasteiger partial charge in [0, 0.05) is 5.41 Å². The van der Waals surface area contributed by atoms with Crippen LogP contribution >= 0.6 is 0 Å². The second kappa shape index (κ2) is 11.7. The van der Waals surface area contributed by atoms with Gasteiger partial charge in [-0.05, 0) is 71.6 Å². The van der Waals surface area contributed by atoms with Crippen molar-refractivity contribution in [2.45, 2.75) is 77.7 Å². The van der Waals surface area contributed by atoms with E-state index in [0.29, 0.717) is 12.8 Å². The highest BCUT2D eigenvalue weighted by atomic mass is 16.4. The summed E-state index contributed by atoms with van der Waals surface area (Å²) >= 11 is 0. The molecule has 0 aliphatic carbocycles. The fourth-order valence-corrected chi connectivity index (χ4v) is 5.10. The highest BCUT2D eigenvalue weighted by Gasteiger charge is 2.31. The number of carboxylic acids is 1. The van der Waals surface area contributed by atoms with Crippen LogP contribution in [0.25, 0.3) is 17.2 Å². The molecule has 0 bridgehead atoms. The first-order valence-corrected chi connectivity index (χ1v) is 13.1. The fourth-order valence-electron chi connectivity index (χ4n) is 5.10. The SMILES string of the molecule is CCC(O)(/C=C/c1ccc(C(CC)(CC)c2ccc(-c3ccc(CC(=O)O)cc3)cc2)cc1C)CC. The lowest BCUT2D eigenvalue weighted by Crippen LogP contribution is -2.26. The number of aryl methyl sites for hydroxylation is 1. The molecule has 0 unspecified atom stereocenters. The highest BCUT2D eigenvalue weighted by Crippen LogP contribution is 2.40. The maximum atomic E-state index is 11.0. The zero-order valence-electron chi connectivity index (χ0n) is 22.3. The molecule has 0 aromatic heterocycles. The molecule has 36 heavy (non-hydrogen) atoms. The van der Waals surface area contributed by atoms with Gasteiger partial charge in [0.05, 0.1) is 12.0 Å². The topological polar surface area (TPSA) is 57.5 Å². The minimum atomic E-state index is -0.815. The molecule has 0 amide bonds. The Morgan fingerprint density at radius 2 is 1.31 bits per heavy atom. The molecule has 0 saturated heterocycles. The average Bonchev–Trinajstić information content (AvgIpc) is 2.89. The molecule has 0 heterocycles. The predicted octanol–water partition coefficient (Wildman–Crippen LogP) is 7.96. The average molecular weight is 485 g/mol. The van der Waals surface area contributed by atoms with Gasteiger partial charge in [0.2, 0.25) is 0 Å². The van der Waals surface area contributed by atoms with Gasteiger partial charge >= 0.3 is 5.97 Å². The van der Waals surface area contributed by atoms with E-state index in [1.165, 1.54) is 16.7 Å². The summed E-state index contributed by atoms with van der Waals surface area (Å²) in [5, 5.41) is 19.6. The standard InChI is InChI=1S/C33H40O3/c1-6-32(36,7-2)21-20-26-14-19-30(22-24(26)5)33(8-3,9-4)29-17-15-28(16-18-29)27-12-10-25(11-13-27)23-31(34)35/h10-22,36H,6-9,23H2,1-5H3,(H,34,35)/b21-20+. The fraction of sp³-hybridized carbons (Fsp3) is 0.364. The number of carboxylic acid groups (broad SMARTS) is 1. The maximum absolute atomic E-state index is 11.0. The van der Waals surface area contributed by atoms with Crippen molar-refractivity contribution >= 4 is 12.0 Å². The van der Waals surface area contributed by atoms with Crippen molar-refractivity contribution in [1.82, 2.24) is 0 Å². The molecule has 0 aliphatic rings. The zero-order valence-corrected chi connectivity index (χ0v) is 22.3. The summed E-state index contributed by atoms with van der Waals surface area (Å²) in [5.74, 6) is -0.815. The molecular formula is C33H40O3. The molecular weight excluding hydrogens is 444 g/mol. The highest BCUT2D eigenvalue weighted by molar-refractivity contribution is 5.71. The van der Waals surface area contributed by atoms with Crippen molar-refractivity contribution in [3.63, 3.8) is 0 Å². The lowest BCUT2D eigenvalue weighted by molar-refractivity contribution is -0.136. The van der Waals surface area contributed by atoms with E-state index in [2.05, 4.69) is 69.3 Å². The van der Waals surface area contributed by atoms with E-state index >= 15 is 0 Å². The van der Waals surface area contributed by atoms with Crippen LogP contribution in [0.1, 0.15) is 81.2 Å². The van der Waals surface area contributed by atoms with Crippen molar-refractivity contribution in [1.29, 1.82) is 0 Å². The summed E-state index contributed by atoms with van der Waals surface area (Å²) in [7, 11) is 0. The Hall–Kier alpha value is -3.17. The minimum absolute atomic E-state index is 0.0425. The number of benzene rings is 3. The number of hydrogen-bond acceptors (Lipinski definition) is 2. The summed E-state index contributed by atoms with van der Waals surface area (Å²) in [5.41, 5.74) is 7.15. The van der Waals surface area contributed by atoms with Crippen LogP contribution in [0.3, 0.4) is 0 Å². The third kappa shape index (κ3) is 5.96. The second-order valence-electron chi connectivity index (χ2n) is 9.85. The lowest BCUT2D eigenvalue weighted by Gasteiger charge is -2.34. The van der Waals surface area contributed by atoms with E-state index in [-0.39, 0.29) is 11.8 Å². The molecule has 190 valence electrons. The van der Waals surface area contributed by atoms with Crippen molar-refractivity contribution in [2.24, 2.45) is 0 Å². The van der Waals surface area contributed by atoms with Gasteiger partial charge in [-0.3, -0.25) is 4.79 Å². The monoisotopic (exact) mass is 484 g/mol. The Balaban J connectivity index is 1.91. The number of aliphatic hydroxyl groups is 1. The molecule has 3 heteroatoms. The molecule has 0 fully saturated rings. The normalized spacial score (nSPS) is 12.3. The Kier molecular flexibility index (Phi) is 8.92. The molecule has 0 atom stereocenters. The van der Waals surface area contributed by atoms with Crippen LogP contribution in [0.15, 0.2) is 72.8 Å². The minimum Gasteiger partial charge on any atom is -0.481 e. The van der Waals surface area contributed by atoms with Crippen LogP contribution in [0.4, 0.5) is 0 Å². The van der Waals surface area contributed by atoms with Crippen molar-refractivity contribution < 1.29 is 15.0 Å². The summed E-state index contributed by atoms with van der Waals surface area (Å²) in [6.07, 6.45) is 7.43. The molecule has 3 aromatic carbocycles. The molecule has 0 saturated carbocycles. The van der Waals surface area contributed by atoms with Gasteiger partial charge in [0.25, 0.3) is 0 Å². The summed E-state index contributed by atoms with van der Waals surface area (Å²) in [6.45, 7) is 10.7. The number of carbonyl (C=O) groups is 1. The zero-order chi connectivity index (χ0) is 26.3. The van der Waals surface area contributed by atoms with E-state index in [0.717, 1.165) is 35.1 Å². The molecule has 0 aliphatic heterocycles. The largest absolute Gasteiger partial charge is 0.481 e. The maximum Gasteiger partial charge on any atom is 0.307 e. The van der Waals surface area contributed by atoms with E-state index in [1.54, 1.807) is 0 Å². The summed E-state index contributed by atoms with van der Waals surface area (Å²) in [6, 6.07) is 23.3. The molecule has 0 spiro atoms. The Labute approximate surface area is 216 Å². The molecule has 0 radical (unpaired) electrons. The number of aliphatic carboxylic acids is 1. The second-order valence-corrected chi connectivity index (χ2v) is 9.85. The number of hydrogen-bond donors (Lipinski definition) is 2. The van der Waals surface area contributed by atoms with Gasteiger partial charge in [-0.25, -0.2) is 0 Å². The van der Waals surface area contributed by atoms with E-state index in [1.807, 2.05) is 44.2 Å². The first-order valence-electron chi connectivity index (χ1n) is 13.1. The Bertz CT molecular complexity index is 1180. The molecule has 3 nitrogen and oxygen atoms in total. The van der Waals surface area contributed by atoms with Gasteiger partial charge < -0.3 is 10.2 Å². The lowest BCUT2D eigenvalue weighted by atomic mass is 9.70. The summed E-state index contributed by atoms with van der Waals surface area (Å²) < 4.78 is 0. The first-order chi connectivity index (χ1) is 17.2.